The summed E-state index contributed by atoms with van der Waals surface area (Å²) in [7, 11) is -3.69. The Balaban J connectivity index is 1.87. The van der Waals surface area contributed by atoms with Crippen LogP contribution in [-0.4, -0.2) is 30.0 Å². The molecule has 0 saturated heterocycles. The first-order valence-corrected chi connectivity index (χ1v) is 11.9. The second-order valence-electron chi connectivity index (χ2n) is 7.26. The first kappa shape index (κ1) is 23.4. The minimum atomic E-state index is -3.69. The van der Waals surface area contributed by atoms with Crippen molar-refractivity contribution in [3.63, 3.8) is 0 Å². The molecule has 0 aliphatic rings. The number of carbonyl (C=O) groups is 1. The predicted octanol–water partition coefficient (Wildman–Crippen LogP) is 1.90. The molecule has 0 saturated carbocycles. The van der Waals surface area contributed by atoms with Gasteiger partial charge in [-0.3, -0.25) is 18.7 Å². The summed E-state index contributed by atoms with van der Waals surface area (Å²) in [6.45, 7) is 3.83. The van der Waals surface area contributed by atoms with Crippen molar-refractivity contribution in [1.82, 2.24) is 13.9 Å². The average molecular weight is 459 g/mol. The molecule has 10 heteroatoms. The van der Waals surface area contributed by atoms with Crippen LogP contribution in [0.4, 0.5) is 5.69 Å². The molecule has 0 aliphatic carbocycles. The lowest BCUT2D eigenvalue weighted by atomic mass is 10.2. The number of nitrogens with zero attached hydrogens (tertiary/aromatic N) is 2. The SMILES string of the molecule is CCCCNS(=O)(=O)c1cccc(NC(=O)Cn2c(=O)n(CC)c(=O)c3ccccc32)c1. The molecular weight excluding hydrogens is 432 g/mol. The van der Waals surface area contributed by atoms with E-state index < -0.39 is 27.2 Å². The van der Waals surface area contributed by atoms with Crippen LogP contribution in [0.3, 0.4) is 0 Å². The third-order valence-electron chi connectivity index (χ3n) is 5.00. The van der Waals surface area contributed by atoms with Crippen molar-refractivity contribution in [3.05, 3.63) is 69.4 Å². The van der Waals surface area contributed by atoms with Gasteiger partial charge in [0.2, 0.25) is 15.9 Å². The molecule has 0 unspecified atom stereocenters. The van der Waals surface area contributed by atoms with Gasteiger partial charge in [0.1, 0.15) is 6.54 Å². The number of amides is 1. The van der Waals surface area contributed by atoms with E-state index >= 15 is 0 Å². The zero-order chi connectivity index (χ0) is 23.3. The Labute approximate surface area is 185 Å². The van der Waals surface area contributed by atoms with Crippen molar-refractivity contribution in [3.8, 4) is 0 Å². The van der Waals surface area contributed by atoms with Crippen LogP contribution in [0.25, 0.3) is 10.9 Å². The van der Waals surface area contributed by atoms with Crippen LogP contribution in [0.2, 0.25) is 0 Å². The Morgan fingerprint density at radius 2 is 1.75 bits per heavy atom. The van der Waals surface area contributed by atoms with Gasteiger partial charge in [-0.2, -0.15) is 0 Å². The Bertz CT molecular complexity index is 1360. The maximum absolute atomic E-state index is 12.8. The number of hydrogen-bond donors (Lipinski definition) is 2. The summed E-state index contributed by atoms with van der Waals surface area (Å²) in [5.41, 5.74) is -0.339. The fraction of sp³-hybridized carbons (Fsp3) is 0.318. The van der Waals surface area contributed by atoms with E-state index in [2.05, 4.69) is 10.0 Å². The fourth-order valence-corrected chi connectivity index (χ4v) is 4.47. The topological polar surface area (TPSA) is 119 Å². The molecule has 32 heavy (non-hydrogen) atoms. The van der Waals surface area contributed by atoms with Crippen LogP contribution in [-0.2, 0) is 27.9 Å². The van der Waals surface area contributed by atoms with Crippen molar-refractivity contribution < 1.29 is 13.2 Å². The molecule has 0 radical (unpaired) electrons. The van der Waals surface area contributed by atoms with Crippen molar-refractivity contribution in [2.45, 2.75) is 44.7 Å². The summed E-state index contributed by atoms with van der Waals surface area (Å²) in [6.07, 6.45) is 1.58. The van der Waals surface area contributed by atoms with E-state index in [4.69, 9.17) is 0 Å². The van der Waals surface area contributed by atoms with Crippen molar-refractivity contribution >= 4 is 32.5 Å². The number of anilines is 1. The van der Waals surface area contributed by atoms with Crippen LogP contribution in [0.5, 0.6) is 0 Å². The molecule has 3 rings (SSSR count). The van der Waals surface area contributed by atoms with Crippen molar-refractivity contribution in [2.75, 3.05) is 11.9 Å². The summed E-state index contributed by atoms with van der Waals surface area (Å²) in [4.78, 5) is 38.1. The summed E-state index contributed by atoms with van der Waals surface area (Å²) in [5.74, 6) is -0.521. The number of nitrogens with one attached hydrogen (secondary N) is 2. The average Bonchev–Trinajstić information content (AvgIpc) is 2.77. The van der Waals surface area contributed by atoms with Gasteiger partial charge in [0.05, 0.1) is 15.8 Å². The molecule has 2 N–H and O–H groups in total. The summed E-state index contributed by atoms with van der Waals surface area (Å²) >= 11 is 0. The summed E-state index contributed by atoms with van der Waals surface area (Å²) in [6, 6.07) is 12.5. The molecule has 3 aromatic rings. The molecule has 0 bridgehead atoms. The molecule has 170 valence electrons. The van der Waals surface area contributed by atoms with E-state index in [1.807, 2.05) is 6.92 Å². The number of para-hydroxylation sites is 1. The van der Waals surface area contributed by atoms with Gasteiger partial charge in [-0.25, -0.2) is 17.9 Å². The third-order valence-corrected chi connectivity index (χ3v) is 6.46. The van der Waals surface area contributed by atoms with Gasteiger partial charge in [-0.05, 0) is 43.7 Å². The number of unbranched alkanes of at least 4 members (excludes halogenated alkanes) is 1. The van der Waals surface area contributed by atoms with Gasteiger partial charge in [-0.15, -0.1) is 0 Å². The molecule has 9 nitrogen and oxygen atoms in total. The minimum Gasteiger partial charge on any atom is -0.324 e. The van der Waals surface area contributed by atoms with Crippen LogP contribution >= 0.6 is 0 Å². The second-order valence-corrected chi connectivity index (χ2v) is 9.03. The summed E-state index contributed by atoms with van der Waals surface area (Å²) < 4.78 is 29.7. The van der Waals surface area contributed by atoms with E-state index in [1.165, 1.54) is 22.8 Å². The first-order chi connectivity index (χ1) is 15.3. The van der Waals surface area contributed by atoms with Crippen LogP contribution in [0.1, 0.15) is 26.7 Å². The highest BCUT2D eigenvalue weighted by molar-refractivity contribution is 7.89. The highest BCUT2D eigenvalue weighted by atomic mass is 32.2. The van der Waals surface area contributed by atoms with E-state index in [0.29, 0.717) is 17.4 Å². The fourth-order valence-electron chi connectivity index (χ4n) is 3.35. The zero-order valence-electron chi connectivity index (χ0n) is 18.0. The van der Waals surface area contributed by atoms with Crippen LogP contribution in [0.15, 0.2) is 63.0 Å². The minimum absolute atomic E-state index is 0.0357. The maximum atomic E-state index is 12.8. The quantitative estimate of drug-likeness (QED) is 0.475. The van der Waals surface area contributed by atoms with Crippen LogP contribution < -0.4 is 21.3 Å². The molecule has 1 heterocycles. The largest absolute Gasteiger partial charge is 0.331 e. The Morgan fingerprint density at radius 3 is 2.47 bits per heavy atom. The normalized spacial score (nSPS) is 11.6. The van der Waals surface area contributed by atoms with E-state index in [1.54, 1.807) is 37.3 Å². The number of benzene rings is 2. The second kappa shape index (κ2) is 9.92. The lowest BCUT2D eigenvalue weighted by molar-refractivity contribution is -0.116. The lowest BCUT2D eigenvalue weighted by Crippen LogP contribution is -2.41. The molecular formula is C22H26N4O5S. The Kier molecular flexibility index (Phi) is 7.26. The number of fused-ring (bicyclic) bond motifs is 1. The predicted molar refractivity (Wildman–Crippen MR) is 123 cm³/mol. The van der Waals surface area contributed by atoms with Gasteiger partial charge < -0.3 is 5.32 Å². The Hall–Kier alpha value is -3.24. The number of carbonyl (C=O) groups excluding carboxylic acids is 1. The Morgan fingerprint density at radius 1 is 1.00 bits per heavy atom. The smallest absolute Gasteiger partial charge is 0.324 e. The van der Waals surface area contributed by atoms with E-state index in [-0.39, 0.29) is 23.7 Å². The number of sulfonamides is 1. The molecule has 0 atom stereocenters. The van der Waals surface area contributed by atoms with Gasteiger partial charge in [-0.1, -0.05) is 31.5 Å². The van der Waals surface area contributed by atoms with Gasteiger partial charge in [0.25, 0.3) is 5.56 Å². The van der Waals surface area contributed by atoms with Crippen LogP contribution in [0, 0.1) is 0 Å². The first-order valence-electron chi connectivity index (χ1n) is 10.4. The molecule has 1 aromatic heterocycles. The highest BCUT2D eigenvalue weighted by Crippen LogP contribution is 2.16. The standard InChI is InChI=1S/C22H26N4O5S/c1-3-5-13-23-32(30,31)17-10-8-9-16(14-17)24-20(27)15-26-19-12-7-6-11-18(19)21(28)25(4-2)22(26)29/h6-12,14,23H,3-5,13,15H2,1-2H3,(H,24,27). The van der Waals surface area contributed by atoms with Gasteiger partial charge in [0.15, 0.2) is 0 Å². The number of aromatic nitrogens is 2. The molecule has 1 amide bonds. The molecule has 0 aliphatic heterocycles. The molecule has 2 aromatic carbocycles. The number of rotatable bonds is 9. The zero-order valence-corrected chi connectivity index (χ0v) is 18.8. The van der Waals surface area contributed by atoms with Gasteiger partial charge in [0, 0.05) is 18.8 Å². The van der Waals surface area contributed by atoms with Crippen molar-refractivity contribution in [1.29, 1.82) is 0 Å². The van der Waals surface area contributed by atoms with E-state index in [9.17, 15) is 22.8 Å². The van der Waals surface area contributed by atoms with Crippen molar-refractivity contribution in [2.24, 2.45) is 0 Å². The third kappa shape index (κ3) is 4.97. The molecule has 0 fully saturated rings. The maximum Gasteiger partial charge on any atom is 0.331 e. The summed E-state index contributed by atoms with van der Waals surface area (Å²) in [5, 5.41) is 2.98. The van der Waals surface area contributed by atoms with E-state index in [0.717, 1.165) is 17.4 Å². The number of hydrogen-bond acceptors (Lipinski definition) is 5. The monoisotopic (exact) mass is 458 g/mol. The molecule has 0 spiro atoms. The lowest BCUT2D eigenvalue weighted by Gasteiger charge is -2.13. The highest BCUT2D eigenvalue weighted by Gasteiger charge is 2.16. The van der Waals surface area contributed by atoms with Gasteiger partial charge >= 0.3 is 5.69 Å².